The number of likely N-dealkylation sites (tertiary alicyclic amines) is 1. The Bertz CT molecular complexity index is 294. The summed E-state index contributed by atoms with van der Waals surface area (Å²) in [5, 5.41) is 13.5. The summed E-state index contributed by atoms with van der Waals surface area (Å²) in [6.07, 6.45) is 2.57. The van der Waals surface area contributed by atoms with E-state index in [9.17, 15) is 9.90 Å². The molecular formula is C13H26N4O2. The van der Waals surface area contributed by atoms with Crippen LogP contribution in [0.5, 0.6) is 0 Å². The smallest absolute Gasteiger partial charge is 0.234 e. The van der Waals surface area contributed by atoms with Crippen LogP contribution in [0.1, 0.15) is 19.3 Å². The van der Waals surface area contributed by atoms with Gasteiger partial charge in [-0.05, 0) is 19.4 Å². The Balaban J connectivity index is 1.79. The van der Waals surface area contributed by atoms with Crippen molar-refractivity contribution in [1.82, 2.24) is 15.1 Å². The van der Waals surface area contributed by atoms with Crippen LogP contribution in [-0.2, 0) is 4.79 Å². The number of primary amides is 1. The van der Waals surface area contributed by atoms with Gasteiger partial charge in [0, 0.05) is 39.3 Å². The molecule has 0 aromatic carbocycles. The van der Waals surface area contributed by atoms with Crippen LogP contribution in [0.15, 0.2) is 0 Å². The third kappa shape index (κ3) is 4.42. The molecule has 2 saturated heterocycles. The lowest BCUT2D eigenvalue weighted by atomic mass is 10.0. The second-order valence-corrected chi connectivity index (χ2v) is 5.61. The van der Waals surface area contributed by atoms with Crippen LogP contribution in [0.2, 0.25) is 0 Å². The van der Waals surface area contributed by atoms with Gasteiger partial charge in [-0.1, -0.05) is 6.42 Å². The number of nitrogens with zero attached hydrogens (tertiary/aromatic N) is 2. The monoisotopic (exact) mass is 270 g/mol. The molecule has 2 fully saturated rings. The van der Waals surface area contributed by atoms with Crippen molar-refractivity contribution in [3.8, 4) is 0 Å². The first-order valence-electron chi connectivity index (χ1n) is 7.31. The summed E-state index contributed by atoms with van der Waals surface area (Å²) >= 11 is 0. The van der Waals surface area contributed by atoms with Gasteiger partial charge in [-0.2, -0.15) is 0 Å². The molecule has 110 valence electrons. The summed E-state index contributed by atoms with van der Waals surface area (Å²) in [6, 6.07) is -0.188. The maximum atomic E-state index is 11.4. The summed E-state index contributed by atoms with van der Waals surface area (Å²) in [6.45, 7) is 6.04. The number of aliphatic hydroxyl groups excluding tert-OH is 1. The predicted octanol–water partition coefficient (Wildman–Crippen LogP) is -1.41. The quantitative estimate of drug-likeness (QED) is 0.572. The number of carbonyl (C=O) groups is 1. The molecule has 0 radical (unpaired) electrons. The molecule has 6 nitrogen and oxygen atoms in total. The van der Waals surface area contributed by atoms with E-state index >= 15 is 0 Å². The minimum atomic E-state index is -0.405. The lowest BCUT2D eigenvalue weighted by Gasteiger charge is -2.36. The number of rotatable bonds is 5. The van der Waals surface area contributed by atoms with Gasteiger partial charge in [0.15, 0.2) is 0 Å². The fourth-order valence-electron chi connectivity index (χ4n) is 3.05. The van der Waals surface area contributed by atoms with E-state index in [1.54, 1.807) is 0 Å². The summed E-state index contributed by atoms with van der Waals surface area (Å²) in [7, 11) is 0. The van der Waals surface area contributed by atoms with Crippen molar-refractivity contribution < 1.29 is 9.90 Å². The molecule has 1 amide bonds. The molecule has 2 aliphatic rings. The third-order valence-corrected chi connectivity index (χ3v) is 4.07. The molecule has 2 unspecified atom stereocenters. The number of carbonyl (C=O) groups excluding carboxylic acids is 1. The van der Waals surface area contributed by atoms with Crippen LogP contribution in [0.3, 0.4) is 0 Å². The van der Waals surface area contributed by atoms with E-state index in [4.69, 9.17) is 5.73 Å². The van der Waals surface area contributed by atoms with Gasteiger partial charge in [0.1, 0.15) is 0 Å². The largest absolute Gasteiger partial charge is 0.390 e. The average molecular weight is 270 g/mol. The standard InChI is InChI=1S/C13H26N4O2/c14-13(19)12-3-1-2-6-17(12)10-11(18)9-16-7-4-15-5-8-16/h11-12,15,18H,1-10H2,(H2,14,19). The zero-order chi connectivity index (χ0) is 13.7. The topological polar surface area (TPSA) is 81.8 Å². The second-order valence-electron chi connectivity index (χ2n) is 5.61. The first-order chi connectivity index (χ1) is 9.16. The van der Waals surface area contributed by atoms with Gasteiger partial charge in [0.05, 0.1) is 12.1 Å². The Kier molecular flexibility index (Phi) is 5.57. The summed E-state index contributed by atoms with van der Waals surface area (Å²) < 4.78 is 0. The summed E-state index contributed by atoms with van der Waals surface area (Å²) in [5.41, 5.74) is 5.44. The third-order valence-electron chi connectivity index (χ3n) is 4.07. The zero-order valence-electron chi connectivity index (χ0n) is 11.6. The van der Waals surface area contributed by atoms with Gasteiger partial charge in [-0.25, -0.2) is 0 Å². The van der Waals surface area contributed by atoms with E-state index < -0.39 is 6.10 Å². The number of nitrogens with two attached hydrogens (primary N) is 1. The van der Waals surface area contributed by atoms with E-state index in [0.29, 0.717) is 13.1 Å². The Morgan fingerprint density at radius 3 is 2.68 bits per heavy atom. The highest BCUT2D eigenvalue weighted by atomic mass is 16.3. The molecule has 0 aromatic rings. The molecule has 0 aliphatic carbocycles. The van der Waals surface area contributed by atoms with Crippen molar-refractivity contribution in [1.29, 1.82) is 0 Å². The number of hydrogen-bond donors (Lipinski definition) is 3. The highest BCUT2D eigenvalue weighted by Gasteiger charge is 2.28. The molecule has 2 atom stereocenters. The fraction of sp³-hybridized carbons (Fsp3) is 0.923. The van der Waals surface area contributed by atoms with Gasteiger partial charge in [-0.3, -0.25) is 14.6 Å². The highest BCUT2D eigenvalue weighted by Crippen LogP contribution is 2.17. The van der Waals surface area contributed by atoms with E-state index in [2.05, 4.69) is 15.1 Å². The molecule has 2 aliphatic heterocycles. The van der Waals surface area contributed by atoms with E-state index in [1.165, 1.54) is 0 Å². The molecule has 6 heteroatoms. The van der Waals surface area contributed by atoms with E-state index in [1.807, 2.05) is 0 Å². The lowest BCUT2D eigenvalue weighted by molar-refractivity contribution is -0.125. The van der Waals surface area contributed by atoms with Crippen molar-refractivity contribution in [3.05, 3.63) is 0 Å². The molecule has 0 aromatic heterocycles. The molecule has 4 N–H and O–H groups in total. The first-order valence-corrected chi connectivity index (χ1v) is 7.31. The number of β-amino-alcohol motifs (C(OH)–C–C–N with tert-alkyl or cyclic N) is 1. The number of hydrogen-bond acceptors (Lipinski definition) is 5. The number of aliphatic hydroxyl groups is 1. The van der Waals surface area contributed by atoms with Crippen molar-refractivity contribution in [3.63, 3.8) is 0 Å². The van der Waals surface area contributed by atoms with Crippen LogP contribution in [0.4, 0.5) is 0 Å². The van der Waals surface area contributed by atoms with Gasteiger partial charge < -0.3 is 16.2 Å². The molecule has 0 bridgehead atoms. The van der Waals surface area contributed by atoms with Crippen molar-refractivity contribution in [2.45, 2.75) is 31.4 Å². The van der Waals surface area contributed by atoms with Crippen LogP contribution < -0.4 is 11.1 Å². The summed E-state index contributed by atoms with van der Waals surface area (Å²) in [4.78, 5) is 15.7. The second kappa shape index (κ2) is 7.19. The van der Waals surface area contributed by atoms with Crippen LogP contribution in [0.25, 0.3) is 0 Å². The molecule has 0 saturated carbocycles. The fourth-order valence-corrected chi connectivity index (χ4v) is 3.05. The van der Waals surface area contributed by atoms with Crippen LogP contribution >= 0.6 is 0 Å². The minimum absolute atomic E-state index is 0.188. The van der Waals surface area contributed by atoms with Crippen LogP contribution in [-0.4, -0.2) is 78.8 Å². The highest BCUT2D eigenvalue weighted by molar-refractivity contribution is 5.79. The molecule has 2 rings (SSSR count). The zero-order valence-corrected chi connectivity index (χ0v) is 11.6. The minimum Gasteiger partial charge on any atom is -0.390 e. The maximum Gasteiger partial charge on any atom is 0.234 e. The Morgan fingerprint density at radius 1 is 1.26 bits per heavy atom. The average Bonchev–Trinajstić information content (AvgIpc) is 2.40. The van der Waals surface area contributed by atoms with Gasteiger partial charge in [0.2, 0.25) is 5.91 Å². The number of nitrogens with one attached hydrogen (secondary N) is 1. The van der Waals surface area contributed by atoms with Gasteiger partial charge >= 0.3 is 0 Å². The lowest BCUT2D eigenvalue weighted by Crippen LogP contribution is -2.53. The Hall–Kier alpha value is -0.690. The number of piperidine rings is 1. The number of amides is 1. The van der Waals surface area contributed by atoms with Crippen LogP contribution in [0, 0.1) is 0 Å². The molecule has 2 heterocycles. The first kappa shape index (κ1) is 14.7. The van der Waals surface area contributed by atoms with Gasteiger partial charge in [-0.15, -0.1) is 0 Å². The predicted molar refractivity (Wildman–Crippen MR) is 73.7 cm³/mol. The van der Waals surface area contributed by atoms with E-state index in [0.717, 1.165) is 52.0 Å². The van der Waals surface area contributed by atoms with Crippen molar-refractivity contribution >= 4 is 5.91 Å². The van der Waals surface area contributed by atoms with Crippen molar-refractivity contribution in [2.24, 2.45) is 5.73 Å². The van der Waals surface area contributed by atoms with E-state index in [-0.39, 0.29) is 11.9 Å². The normalized spacial score (nSPS) is 28.2. The Morgan fingerprint density at radius 2 is 2.00 bits per heavy atom. The molecule has 19 heavy (non-hydrogen) atoms. The SMILES string of the molecule is NC(=O)C1CCCCN1CC(O)CN1CCNCC1. The van der Waals surface area contributed by atoms with Crippen molar-refractivity contribution in [2.75, 3.05) is 45.8 Å². The molecular weight excluding hydrogens is 244 g/mol. The van der Waals surface area contributed by atoms with Gasteiger partial charge in [0.25, 0.3) is 0 Å². The maximum absolute atomic E-state index is 11.4. The number of piperazine rings is 1. The molecule has 0 spiro atoms. The summed E-state index contributed by atoms with van der Waals surface area (Å²) in [5.74, 6) is -0.255. The Labute approximate surface area is 114 Å².